The molecule has 3 heterocycles. The zero-order valence-corrected chi connectivity index (χ0v) is 15.5. The van der Waals surface area contributed by atoms with E-state index in [9.17, 15) is 13.2 Å². The first-order valence-electron chi connectivity index (χ1n) is 8.40. The molecule has 0 spiro atoms. The van der Waals surface area contributed by atoms with E-state index in [2.05, 4.69) is 5.32 Å². The lowest BCUT2D eigenvalue weighted by molar-refractivity contribution is 0.0532. The van der Waals surface area contributed by atoms with Gasteiger partial charge >= 0.3 is 5.97 Å². The molecule has 134 valence electrons. The standard InChI is InChI=1S/C17H20N2O4S2/c1-2-23-17(20)16-6-11-5-14(3-4-15(11)24-16)25(21,22)19-9-12-7-18-8-13(12)10-19/h3-6,12-13,18H,2,7-10H2,1H3/t12-,13+. The van der Waals surface area contributed by atoms with Gasteiger partial charge in [0.1, 0.15) is 4.88 Å². The van der Waals surface area contributed by atoms with Crippen molar-refractivity contribution in [1.82, 2.24) is 9.62 Å². The van der Waals surface area contributed by atoms with Crippen molar-refractivity contribution in [2.45, 2.75) is 11.8 Å². The van der Waals surface area contributed by atoms with Gasteiger partial charge in [0.15, 0.2) is 0 Å². The summed E-state index contributed by atoms with van der Waals surface area (Å²) in [4.78, 5) is 12.7. The van der Waals surface area contributed by atoms with Gasteiger partial charge in [-0.05, 0) is 61.5 Å². The first-order chi connectivity index (χ1) is 12.0. The molecule has 2 fully saturated rings. The first-order valence-corrected chi connectivity index (χ1v) is 10.7. The minimum Gasteiger partial charge on any atom is -0.462 e. The van der Waals surface area contributed by atoms with Gasteiger partial charge in [-0.15, -0.1) is 11.3 Å². The van der Waals surface area contributed by atoms with Crippen molar-refractivity contribution in [2.24, 2.45) is 11.8 Å². The van der Waals surface area contributed by atoms with Crippen LogP contribution in [-0.2, 0) is 14.8 Å². The van der Waals surface area contributed by atoms with E-state index in [0.717, 1.165) is 23.2 Å². The number of hydrogen-bond acceptors (Lipinski definition) is 6. The fourth-order valence-electron chi connectivity index (χ4n) is 3.64. The maximum atomic E-state index is 13.0. The summed E-state index contributed by atoms with van der Waals surface area (Å²) in [6, 6.07) is 6.78. The quantitative estimate of drug-likeness (QED) is 0.820. The van der Waals surface area contributed by atoms with Gasteiger partial charge in [0.2, 0.25) is 10.0 Å². The molecule has 2 saturated heterocycles. The second-order valence-corrected chi connectivity index (χ2v) is 9.55. The molecule has 4 rings (SSSR count). The summed E-state index contributed by atoms with van der Waals surface area (Å²) in [5.74, 6) is 0.457. The molecule has 2 aromatic rings. The fourth-order valence-corrected chi connectivity index (χ4v) is 6.17. The molecule has 2 atom stereocenters. The van der Waals surface area contributed by atoms with Crippen LogP contribution in [0.2, 0.25) is 0 Å². The summed E-state index contributed by atoms with van der Waals surface area (Å²) < 4.78 is 33.4. The molecule has 25 heavy (non-hydrogen) atoms. The van der Waals surface area contributed by atoms with Gasteiger partial charge in [-0.3, -0.25) is 0 Å². The Bertz CT molecular complexity index is 910. The van der Waals surface area contributed by atoms with Crippen LogP contribution in [0.3, 0.4) is 0 Å². The number of nitrogens with zero attached hydrogens (tertiary/aromatic N) is 1. The maximum Gasteiger partial charge on any atom is 0.348 e. The Balaban J connectivity index is 1.63. The summed E-state index contributed by atoms with van der Waals surface area (Å²) in [5, 5.41) is 4.08. The molecule has 2 aliphatic heterocycles. The topological polar surface area (TPSA) is 75.7 Å². The molecule has 6 nitrogen and oxygen atoms in total. The van der Waals surface area contributed by atoms with Crippen LogP contribution in [0.4, 0.5) is 0 Å². The van der Waals surface area contributed by atoms with Crippen LogP contribution in [0, 0.1) is 11.8 Å². The van der Waals surface area contributed by atoms with E-state index >= 15 is 0 Å². The molecule has 8 heteroatoms. The summed E-state index contributed by atoms with van der Waals surface area (Å²) in [6.07, 6.45) is 0. The molecule has 0 radical (unpaired) electrons. The SMILES string of the molecule is CCOC(=O)c1cc2cc(S(=O)(=O)N3C[C@H]4CNC[C@H]4C3)ccc2s1. The number of fused-ring (bicyclic) bond motifs is 2. The number of thiophene rings is 1. The summed E-state index contributed by atoms with van der Waals surface area (Å²) in [6.45, 7) is 5.02. The molecule has 0 unspecified atom stereocenters. The van der Waals surface area contributed by atoms with Crippen molar-refractivity contribution in [3.05, 3.63) is 29.1 Å². The lowest BCUT2D eigenvalue weighted by Crippen LogP contribution is -2.31. The number of hydrogen-bond donors (Lipinski definition) is 1. The normalized spacial score (nSPS) is 23.9. The van der Waals surface area contributed by atoms with Crippen LogP contribution >= 0.6 is 11.3 Å². The van der Waals surface area contributed by atoms with Gasteiger partial charge in [0.05, 0.1) is 11.5 Å². The van der Waals surface area contributed by atoms with Crippen molar-refractivity contribution in [1.29, 1.82) is 0 Å². The van der Waals surface area contributed by atoms with Gasteiger partial charge < -0.3 is 10.1 Å². The van der Waals surface area contributed by atoms with Gasteiger partial charge in [0, 0.05) is 17.8 Å². The lowest BCUT2D eigenvalue weighted by Gasteiger charge is -2.17. The average molecular weight is 380 g/mol. The van der Waals surface area contributed by atoms with E-state index in [4.69, 9.17) is 4.74 Å². The second kappa shape index (κ2) is 6.35. The molecule has 2 aliphatic rings. The lowest BCUT2D eigenvalue weighted by atomic mass is 10.0. The monoisotopic (exact) mass is 380 g/mol. The Morgan fingerprint density at radius 1 is 1.28 bits per heavy atom. The summed E-state index contributed by atoms with van der Waals surface area (Å²) >= 11 is 1.32. The zero-order chi connectivity index (χ0) is 17.6. The third-order valence-electron chi connectivity index (χ3n) is 4.96. The number of ether oxygens (including phenoxy) is 1. The van der Waals surface area contributed by atoms with Crippen molar-refractivity contribution >= 4 is 37.4 Å². The highest BCUT2D eigenvalue weighted by Crippen LogP contribution is 2.33. The van der Waals surface area contributed by atoms with Gasteiger partial charge in [-0.25, -0.2) is 13.2 Å². The maximum absolute atomic E-state index is 13.0. The molecule has 1 aromatic carbocycles. The third-order valence-corrected chi connectivity index (χ3v) is 7.88. The molecular weight excluding hydrogens is 360 g/mol. The van der Waals surface area contributed by atoms with Gasteiger partial charge in [0.25, 0.3) is 0 Å². The van der Waals surface area contributed by atoms with Crippen molar-refractivity contribution < 1.29 is 17.9 Å². The number of carbonyl (C=O) groups excluding carboxylic acids is 1. The Morgan fingerprint density at radius 2 is 2.00 bits per heavy atom. The molecule has 0 amide bonds. The summed E-state index contributed by atoms with van der Waals surface area (Å²) in [5.41, 5.74) is 0. The Hall–Kier alpha value is -1.48. The van der Waals surface area contributed by atoms with Crippen LogP contribution in [0.1, 0.15) is 16.6 Å². The van der Waals surface area contributed by atoms with Crippen LogP contribution in [0.5, 0.6) is 0 Å². The van der Waals surface area contributed by atoms with Crippen molar-refractivity contribution in [3.63, 3.8) is 0 Å². The van der Waals surface area contributed by atoms with Crippen LogP contribution in [0.15, 0.2) is 29.2 Å². The van der Waals surface area contributed by atoms with E-state index in [1.807, 2.05) is 0 Å². The third kappa shape index (κ3) is 2.97. The Morgan fingerprint density at radius 3 is 2.68 bits per heavy atom. The second-order valence-electron chi connectivity index (χ2n) is 6.53. The molecule has 1 N–H and O–H groups in total. The van der Waals surface area contributed by atoms with Crippen LogP contribution < -0.4 is 5.32 Å². The predicted molar refractivity (Wildman–Crippen MR) is 96.4 cm³/mol. The fraction of sp³-hybridized carbons (Fsp3) is 0.471. The largest absolute Gasteiger partial charge is 0.462 e. The number of esters is 1. The van der Waals surface area contributed by atoms with E-state index < -0.39 is 10.0 Å². The number of rotatable bonds is 4. The highest BCUT2D eigenvalue weighted by Gasteiger charge is 2.41. The first kappa shape index (κ1) is 17.0. The Kier molecular flexibility index (Phi) is 4.31. The van der Waals surface area contributed by atoms with Gasteiger partial charge in [-0.1, -0.05) is 0 Å². The number of benzene rings is 1. The molecular formula is C17H20N2O4S2. The molecule has 0 bridgehead atoms. The predicted octanol–water partition coefficient (Wildman–Crippen LogP) is 1.92. The Labute approximate surface area is 150 Å². The summed E-state index contributed by atoms with van der Waals surface area (Å²) in [7, 11) is -3.50. The highest BCUT2D eigenvalue weighted by atomic mass is 32.2. The number of sulfonamides is 1. The van der Waals surface area contributed by atoms with E-state index in [0.29, 0.717) is 41.3 Å². The molecule has 0 saturated carbocycles. The van der Waals surface area contributed by atoms with E-state index in [1.165, 1.54) is 11.3 Å². The van der Waals surface area contributed by atoms with Crippen molar-refractivity contribution in [2.75, 3.05) is 32.8 Å². The minimum absolute atomic E-state index is 0.293. The zero-order valence-electron chi connectivity index (χ0n) is 13.9. The van der Waals surface area contributed by atoms with E-state index in [1.54, 1.807) is 35.5 Å². The van der Waals surface area contributed by atoms with Crippen LogP contribution in [0.25, 0.3) is 10.1 Å². The number of nitrogens with one attached hydrogen (secondary N) is 1. The molecule has 1 aromatic heterocycles. The molecule has 0 aliphatic carbocycles. The average Bonchev–Trinajstić information content (AvgIpc) is 3.28. The highest BCUT2D eigenvalue weighted by molar-refractivity contribution is 7.89. The van der Waals surface area contributed by atoms with E-state index in [-0.39, 0.29) is 5.97 Å². The smallest absolute Gasteiger partial charge is 0.348 e. The van der Waals surface area contributed by atoms with Crippen LogP contribution in [-0.4, -0.2) is 51.5 Å². The van der Waals surface area contributed by atoms with Gasteiger partial charge in [-0.2, -0.15) is 4.31 Å². The van der Waals surface area contributed by atoms with Crippen molar-refractivity contribution in [3.8, 4) is 0 Å². The minimum atomic E-state index is -3.50. The number of carbonyl (C=O) groups is 1.